The number of benzene rings is 1. The maximum absolute atomic E-state index is 12.0. The number of esters is 1. The van der Waals surface area contributed by atoms with Gasteiger partial charge in [0.2, 0.25) is 0 Å². The van der Waals surface area contributed by atoms with Gasteiger partial charge in [-0.25, -0.2) is 14.8 Å². The lowest BCUT2D eigenvalue weighted by Gasteiger charge is -2.13. The zero-order valence-corrected chi connectivity index (χ0v) is 19.1. The second-order valence-corrected chi connectivity index (χ2v) is 8.27. The second kappa shape index (κ2) is 9.82. The van der Waals surface area contributed by atoms with Crippen LogP contribution in [0.1, 0.15) is 36.7 Å². The van der Waals surface area contributed by atoms with E-state index in [0.717, 1.165) is 12.0 Å². The number of nitrogens with zero attached hydrogens (tertiary/aromatic N) is 2. The van der Waals surface area contributed by atoms with Gasteiger partial charge >= 0.3 is 5.97 Å². The molecule has 0 spiro atoms. The van der Waals surface area contributed by atoms with Crippen LogP contribution in [0.4, 0.5) is 0 Å². The summed E-state index contributed by atoms with van der Waals surface area (Å²) in [5, 5.41) is 4.19. The maximum atomic E-state index is 12.0. The minimum atomic E-state index is -0.417. The van der Waals surface area contributed by atoms with Gasteiger partial charge in [0.05, 0.1) is 24.9 Å². The molecule has 0 unspecified atom stereocenters. The molecule has 166 valence electrons. The first-order valence-electron chi connectivity index (χ1n) is 10.5. The lowest BCUT2D eigenvalue weighted by atomic mass is 10.2. The lowest BCUT2D eigenvalue weighted by Crippen LogP contribution is -2.06. The predicted octanol–water partition coefficient (Wildman–Crippen LogP) is 5.27. The molecule has 0 bridgehead atoms. The minimum Gasteiger partial charge on any atom is -0.493 e. The number of carbonyl (C=O) groups is 1. The molecule has 0 aliphatic heterocycles. The molecule has 0 aliphatic rings. The van der Waals surface area contributed by atoms with Crippen molar-refractivity contribution < 1.29 is 19.0 Å². The van der Waals surface area contributed by atoms with E-state index in [-0.39, 0.29) is 6.10 Å². The molecule has 4 rings (SSSR count). The van der Waals surface area contributed by atoms with Gasteiger partial charge in [-0.15, -0.1) is 0 Å². The summed E-state index contributed by atoms with van der Waals surface area (Å²) in [5.74, 6) is 1.60. The zero-order chi connectivity index (χ0) is 22.5. The first-order chi connectivity index (χ1) is 15.5. The van der Waals surface area contributed by atoms with Crippen molar-refractivity contribution >= 4 is 28.5 Å². The standard InChI is InChI=1S/C24H25N3O4S/c1-4-29-24(28)18-11-21-23(25-13-18)27-22(26-21)17-9-19(12-20(10-17)31-15(2)3)30-7-5-16-6-8-32-14-16/h6,8-15H,4-5,7H2,1-3H3,(H,25,26,27). The summed E-state index contributed by atoms with van der Waals surface area (Å²) in [6, 6.07) is 9.49. The third-order valence-electron chi connectivity index (χ3n) is 4.61. The van der Waals surface area contributed by atoms with Crippen molar-refractivity contribution in [3.8, 4) is 22.9 Å². The average Bonchev–Trinajstić information content (AvgIpc) is 3.42. The minimum absolute atomic E-state index is 0.0217. The molecule has 8 heteroatoms. The van der Waals surface area contributed by atoms with Gasteiger partial charge in [0.25, 0.3) is 0 Å². The largest absolute Gasteiger partial charge is 0.493 e. The van der Waals surface area contributed by atoms with Gasteiger partial charge in [-0.1, -0.05) is 0 Å². The van der Waals surface area contributed by atoms with Crippen molar-refractivity contribution in [3.63, 3.8) is 0 Å². The van der Waals surface area contributed by atoms with Crippen molar-refractivity contribution in [1.82, 2.24) is 15.0 Å². The Hall–Kier alpha value is -3.39. The van der Waals surface area contributed by atoms with Gasteiger partial charge in [-0.3, -0.25) is 0 Å². The van der Waals surface area contributed by atoms with E-state index in [9.17, 15) is 4.79 Å². The SMILES string of the molecule is CCOC(=O)c1cnc2[nH]c(-c3cc(OCCc4ccsc4)cc(OC(C)C)c3)nc2c1. The normalized spacial score (nSPS) is 11.1. The highest BCUT2D eigenvalue weighted by Crippen LogP contribution is 2.30. The number of pyridine rings is 1. The molecule has 0 atom stereocenters. The topological polar surface area (TPSA) is 86.3 Å². The van der Waals surface area contributed by atoms with Crippen molar-refractivity contribution in [2.75, 3.05) is 13.2 Å². The van der Waals surface area contributed by atoms with E-state index in [0.29, 0.717) is 47.3 Å². The summed E-state index contributed by atoms with van der Waals surface area (Å²) in [5.41, 5.74) is 3.60. The van der Waals surface area contributed by atoms with E-state index in [1.54, 1.807) is 24.3 Å². The molecule has 3 heterocycles. The molecule has 0 amide bonds. The zero-order valence-electron chi connectivity index (χ0n) is 18.3. The van der Waals surface area contributed by atoms with Crippen molar-refractivity contribution in [1.29, 1.82) is 0 Å². The molecule has 0 fully saturated rings. The van der Waals surface area contributed by atoms with Gasteiger partial charge in [-0.05, 0) is 61.4 Å². The van der Waals surface area contributed by atoms with Gasteiger partial charge in [0, 0.05) is 24.2 Å². The Balaban J connectivity index is 1.61. The fraction of sp³-hybridized carbons (Fsp3) is 0.292. The maximum Gasteiger partial charge on any atom is 0.339 e. The molecule has 32 heavy (non-hydrogen) atoms. The van der Waals surface area contributed by atoms with E-state index in [4.69, 9.17) is 14.2 Å². The van der Waals surface area contributed by atoms with Crippen LogP contribution in [0.25, 0.3) is 22.6 Å². The third-order valence-corrected chi connectivity index (χ3v) is 5.34. The van der Waals surface area contributed by atoms with Crippen LogP contribution in [0.2, 0.25) is 0 Å². The van der Waals surface area contributed by atoms with Crippen LogP contribution in [-0.4, -0.2) is 40.2 Å². The number of carbonyl (C=O) groups excluding carboxylic acids is 1. The number of aromatic amines is 1. The van der Waals surface area contributed by atoms with Gasteiger partial charge in [0.1, 0.15) is 22.8 Å². The van der Waals surface area contributed by atoms with Crippen LogP contribution in [0.15, 0.2) is 47.3 Å². The van der Waals surface area contributed by atoms with Crippen LogP contribution >= 0.6 is 11.3 Å². The van der Waals surface area contributed by atoms with Crippen LogP contribution in [0, 0.1) is 0 Å². The first-order valence-corrected chi connectivity index (χ1v) is 11.4. The van der Waals surface area contributed by atoms with Crippen molar-refractivity contribution in [2.24, 2.45) is 0 Å². The first kappa shape index (κ1) is 21.8. The van der Waals surface area contributed by atoms with E-state index in [1.165, 1.54) is 11.8 Å². The number of aromatic nitrogens is 3. The molecular weight excluding hydrogens is 426 g/mol. The molecule has 1 N–H and O–H groups in total. The summed E-state index contributed by atoms with van der Waals surface area (Å²) in [4.78, 5) is 24.2. The lowest BCUT2D eigenvalue weighted by molar-refractivity contribution is 0.0526. The Bertz CT molecular complexity index is 1200. The highest BCUT2D eigenvalue weighted by molar-refractivity contribution is 7.07. The Labute approximate surface area is 190 Å². The van der Waals surface area contributed by atoms with Crippen LogP contribution < -0.4 is 9.47 Å². The quantitative estimate of drug-likeness (QED) is 0.349. The Morgan fingerprint density at radius 3 is 2.78 bits per heavy atom. The molecule has 0 saturated carbocycles. The van der Waals surface area contributed by atoms with Gasteiger partial charge in [0.15, 0.2) is 5.65 Å². The predicted molar refractivity (Wildman–Crippen MR) is 125 cm³/mol. The van der Waals surface area contributed by atoms with Crippen molar-refractivity contribution in [2.45, 2.75) is 33.3 Å². The monoisotopic (exact) mass is 451 g/mol. The smallest absolute Gasteiger partial charge is 0.339 e. The summed E-state index contributed by atoms with van der Waals surface area (Å²) in [6.45, 7) is 6.59. The van der Waals surface area contributed by atoms with E-state index < -0.39 is 5.97 Å². The van der Waals surface area contributed by atoms with Crippen LogP contribution in [-0.2, 0) is 11.2 Å². The summed E-state index contributed by atoms with van der Waals surface area (Å²) in [7, 11) is 0. The number of nitrogens with one attached hydrogen (secondary N) is 1. The molecule has 0 saturated heterocycles. The summed E-state index contributed by atoms with van der Waals surface area (Å²) < 4.78 is 17.0. The summed E-state index contributed by atoms with van der Waals surface area (Å²) >= 11 is 1.68. The fourth-order valence-electron chi connectivity index (χ4n) is 3.21. The second-order valence-electron chi connectivity index (χ2n) is 7.49. The molecule has 7 nitrogen and oxygen atoms in total. The van der Waals surface area contributed by atoms with E-state index in [2.05, 4.69) is 31.8 Å². The Morgan fingerprint density at radius 1 is 1.19 bits per heavy atom. The van der Waals surface area contributed by atoms with Gasteiger partial charge < -0.3 is 19.2 Å². The third kappa shape index (κ3) is 5.26. The molecule has 3 aromatic heterocycles. The Morgan fingerprint density at radius 2 is 2.03 bits per heavy atom. The number of rotatable bonds is 9. The molecule has 1 aromatic carbocycles. The van der Waals surface area contributed by atoms with Gasteiger partial charge in [-0.2, -0.15) is 11.3 Å². The number of hydrogen-bond acceptors (Lipinski definition) is 7. The number of H-pyrrole nitrogens is 1. The molecule has 0 radical (unpaired) electrons. The molecular formula is C24H25N3O4S. The van der Waals surface area contributed by atoms with E-state index >= 15 is 0 Å². The van der Waals surface area contributed by atoms with Crippen molar-refractivity contribution in [3.05, 3.63) is 58.4 Å². The number of imidazole rings is 1. The Kier molecular flexibility index (Phi) is 6.70. The highest BCUT2D eigenvalue weighted by Gasteiger charge is 2.14. The molecule has 4 aromatic rings. The fourth-order valence-corrected chi connectivity index (χ4v) is 3.91. The number of thiophene rings is 1. The number of ether oxygens (including phenoxy) is 3. The van der Waals surface area contributed by atoms with Crippen LogP contribution in [0.5, 0.6) is 11.5 Å². The average molecular weight is 452 g/mol. The van der Waals surface area contributed by atoms with E-state index in [1.807, 2.05) is 32.0 Å². The number of hydrogen-bond donors (Lipinski definition) is 1. The van der Waals surface area contributed by atoms with Crippen LogP contribution in [0.3, 0.4) is 0 Å². The molecule has 0 aliphatic carbocycles. The summed E-state index contributed by atoms with van der Waals surface area (Å²) in [6.07, 6.45) is 2.34. The highest BCUT2D eigenvalue weighted by atomic mass is 32.1. The number of fused-ring (bicyclic) bond motifs is 1.